The Kier molecular flexibility index (Phi) is 8.42. The van der Waals surface area contributed by atoms with Crippen molar-refractivity contribution in [3.8, 4) is 21.8 Å². The van der Waals surface area contributed by atoms with Crippen LogP contribution in [-0.2, 0) is 20.2 Å². The summed E-state index contributed by atoms with van der Waals surface area (Å²) >= 11 is 8.14. The van der Waals surface area contributed by atoms with E-state index in [4.69, 9.17) is 16.6 Å². The molecule has 0 fully saturated rings. The summed E-state index contributed by atoms with van der Waals surface area (Å²) in [6.07, 6.45) is 2.18. The Balaban J connectivity index is 2.02. The summed E-state index contributed by atoms with van der Waals surface area (Å²) in [6, 6.07) is 6.66. The van der Waals surface area contributed by atoms with Gasteiger partial charge in [-0.05, 0) is 19.1 Å². The number of carbonyl (C=O) groups is 1. The standard InChI is InChI=1S/C23H29ClN6O4S2/c1-13(27-22(31)34-5)12-26-21-25-11-10-16(28-21)19-18(29-20(35-19)23(2,3)4)14-8-7-9-15(17(14)24)30-36(6,32)33/h7-11,13,30H,12H2,1-6H3,(H,27,31)(H,25,26,28)/t13-/m0/s1. The zero-order chi connectivity index (χ0) is 26.7. The van der Waals surface area contributed by atoms with Gasteiger partial charge in [0, 0.05) is 29.8 Å². The predicted octanol–water partition coefficient (Wildman–Crippen LogP) is 4.75. The molecule has 0 radical (unpaired) electrons. The van der Waals surface area contributed by atoms with Crippen molar-refractivity contribution in [1.82, 2.24) is 20.3 Å². The monoisotopic (exact) mass is 552 g/mol. The van der Waals surface area contributed by atoms with Crippen LogP contribution in [0, 0.1) is 0 Å². The number of carbonyl (C=O) groups excluding carboxylic acids is 1. The number of benzene rings is 1. The highest BCUT2D eigenvalue weighted by atomic mass is 35.5. The zero-order valence-electron chi connectivity index (χ0n) is 20.8. The summed E-state index contributed by atoms with van der Waals surface area (Å²) in [7, 11) is -2.22. The number of nitrogens with one attached hydrogen (secondary N) is 3. The van der Waals surface area contributed by atoms with Gasteiger partial charge in [-0.3, -0.25) is 4.72 Å². The molecule has 3 N–H and O–H groups in total. The molecule has 194 valence electrons. The lowest BCUT2D eigenvalue weighted by molar-refractivity contribution is 0.168. The Labute approximate surface area is 219 Å². The van der Waals surface area contributed by atoms with E-state index in [1.807, 2.05) is 6.92 Å². The van der Waals surface area contributed by atoms with Gasteiger partial charge in [0.05, 0.1) is 45.3 Å². The minimum Gasteiger partial charge on any atom is -0.453 e. The molecule has 10 nitrogen and oxygen atoms in total. The summed E-state index contributed by atoms with van der Waals surface area (Å²) in [5.41, 5.74) is 1.83. The normalized spacial score (nSPS) is 12.6. The van der Waals surface area contributed by atoms with Gasteiger partial charge in [-0.25, -0.2) is 28.2 Å². The molecular formula is C23H29ClN6O4S2. The molecule has 3 rings (SSSR count). The van der Waals surface area contributed by atoms with E-state index in [1.165, 1.54) is 18.4 Å². The molecule has 0 aliphatic heterocycles. The first-order valence-electron chi connectivity index (χ1n) is 11.0. The fraction of sp³-hybridized carbons (Fsp3) is 0.391. The molecule has 0 bridgehead atoms. The van der Waals surface area contributed by atoms with Crippen molar-refractivity contribution >= 4 is 50.7 Å². The van der Waals surface area contributed by atoms with Gasteiger partial charge < -0.3 is 15.4 Å². The molecule has 13 heteroatoms. The minimum absolute atomic E-state index is 0.222. The van der Waals surface area contributed by atoms with E-state index in [1.54, 1.807) is 30.5 Å². The van der Waals surface area contributed by atoms with Crippen molar-refractivity contribution in [3.63, 3.8) is 0 Å². The van der Waals surface area contributed by atoms with Crippen LogP contribution in [0.2, 0.25) is 5.02 Å². The van der Waals surface area contributed by atoms with Crippen LogP contribution >= 0.6 is 22.9 Å². The van der Waals surface area contributed by atoms with Crippen LogP contribution in [-0.4, -0.2) is 55.4 Å². The number of thiazole rings is 1. The molecule has 0 saturated carbocycles. The largest absolute Gasteiger partial charge is 0.453 e. The fourth-order valence-electron chi connectivity index (χ4n) is 3.12. The molecule has 0 spiro atoms. The van der Waals surface area contributed by atoms with E-state index in [0.29, 0.717) is 29.4 Å². The number of aromatic nitrogens is 3. The minimum atomic E-state index is -3.52. The second-order valence-electron chi connectivity index (χ2n) is 9.17. The maximum atomic E-state index is 11.8. The van der Waals surface area contributed by atoms with Gasteiger partial charge in [0.2, 0.25) is 16.0 Å². The Morgan fingerprint density at radius 3 is 2.58 bits per heavy atom. The summed E-state index contributed by atoms with van der Waals surface area (Å²) in [5, 5.41) is 6.90. The van der Waals surface area contributed by atoms with Gasteiger partial charge >= 0.3 is 6.09 Å². The molecule has 0 aliphatic rings. The van der Waals surface area contributed by atoms with Crippen LogP contribution in [0.15, 0.2) is 30.5 Å². The van der Waals surface area contributed by atoms with Crippen molar-refractivity contribution in [3.05, 3.63) is 40.5 Å². The average molecular weight is 553 g/mol. The van der Waals surface area contributed by atoms with Crippen molar-refractivity contribution in [1.29, 1.82) is 0 Å². The molecule has 2 aromatic heterocycles. The van der Waals surface area contributed by atoms with Crippen LogP contribution in [0.1, 0.15) is 32.7 Å². The van der Waals surface area contributed by atoms with E-state index in [2.05, 4.69) is 50.8 Å². The molecule has 36 heavy (non-hydrogen) atoms. The number of halogens is 1. The molecule has 1 atom stereocenters. The molecule has 1 amide bonds. The van der Waals surface area contributed by atoms with Crippen molar-refractivity contribution in [2.24, 2.45) is 0 Å². The number of methoxy groups -OCH3 is 1. The summed E-state index contributed by atoms with van der Waals surface area (Å²) < 4.78 is 30.7. The van der Waals surface area contributed by atoms with Crippen LogP contribution in [0.3, 0.4) is 0 Å². The number of sulfonamides is 1. The van der Waals surface area contributed by atoms with Crippen LogP contribution in [0.5, 0.6) is 0 Å². The Morgan fingerprint density at radius 2 is 1.94 bits per heavy atom. The first-order chi connectivity index (χ1) is 16.8. The van der Waals surface area contributed by atoms with E-state index in [9.17, 15) is 13.2 Å². The van der Waals surface area contributed by atoms with E-state index < -0.39 is 16.1 Å². The number of anilines is 2. The third-order valence-electron chi connectivity index (χ3n) is 4.82. The molecule has 0 aliphatic carbocycles. The topological polar surface area (TPSA) is 135 Å². The highest BCUT2D eigenvalue weighted by Gasteiger charge is 2.26. The van der Waals surface area contributed by atoms with Crippen molar-refractivity contribution in [2.45, 2.75) is 39.2 Å². The Bertz CT molecular complexity index is 1350. The van der Waals surface area contributed by atoms with E-state index in [-0.39, 0.29) is 22.2 Å². The molecule has 0 unspecified atom stereocenters. The average Bonchev–Trinajstić information content (AvgIpc) is 3.24. The number of rotatable bonds is 8. The van der Waals surface area contributed by atoms with Crippen LogP contribution in [0.4, 0.5) is 16.4 Å². The predicted molar refractivity (Wildman–Crippen MR) is 144 cm³/mol. The van der Waals surface area contributed by atoms with E-state index >= 15 is 0 Å². The number of alkyl carbamates (subject to hydrolysis) is 1. The third-order valence-corrected chi connectivity index (χ3v) is 7.32. The van der Waals surface area contributed by atoms with Gasteiger partial charge in [0.1, 0.15) is 0 Å². The van der Waals surface area contributed by atoms with Crippen molar-refractivity contribution < 1.29 is 17.9 Å². The second kappa shape index (κ2) is 11.0. The SMILES string of the molecule is COC(=O)N[C@@H](C)CNc1nccc(-c2sc(C(C)(C)C)nc2-c2cccc(NS(C)(=O)=O)c2Cl)n1. The van der Waals surface area contributed by atoms with Gasteiger partial charge in [0.25, 0.3) is 0 Å². The van der Waals surface area contributed by atoms with Gasteiger partial charge in [-0.2, -0.15) is 0 Å². The van der Waals surface area contributed by atoms with Crippen molar-refractivity contribution in [2.75, 3.05) is 29.9 Å². The third kappa shape index (κ3) is 7.05. The molecule has 1 aromatic carbocycles. The first kappa shape index (κ1) is 27.6. The van der Waals surface area contributed by atoms with Crippen LogP contribution in [0.25, 0.3) is 21.8 Å². The molecular weight excluding hydrogens is 524 g/mol. The lowest BCUT2D eigenvalue weighted by atomic mass is 9.98. The molecule has 3 aromatic rings. The first-order valence-corrected chi connectivity index (χ1v) is 14.1. The lowest BCUT2D eigenvalue weighted by Crippen LogP contribution is -2.37. The fourth-order valence-corrected chi connectivity index (χ4v) is 5.11. The van der Waals surface area contributed by atoms with E-state index in [0.717, 1.165) is 16.1 Å². The van der Waals surface area contributed by atoms with Gasteiger partial charge in [-0.1, -0.05) is 44.5 Å². The number of amides is 1. The molecule has 2 heterocycles. The summed E-state index contributed by atoms with van der Waals surface area (Å²) in [5.74, 6) is 0.376. The van der Waals surface area contributed by atoms with Crippen LogP contribution < -0.4 is 15.4 Å². The number of hydrogen-bond acceptors (Lipinski definition) is 9. The molecule has 0 saturated heterocycles. The maximum Gasteiger partial charge on any atom is 0.407 e. The maximum absolute atomic E-state index is 11.8. The smallest absolute Gasteiger partial charge is 0.407 e. The number of hydrogen-bond donors (Lipinski definition) is 3. The highest BCUT2D eigenvalue weighted by Crippen LogP contribution is 2.43. The number of ether oxygens (including phenoxy) is 1. The highest BCUT2D eigenvalue weighted by molar-refractivity contribution is 7.92. The summed E-state index contributed by atoms with van der Waals surface area (Å²) in [4.78, 5) is 26.0. The number of nitrogens with zero attached hydrogens (tertiary/aromatic N) is 3. The lowest BCUT2D eigenvalue weighted by Gasteiger charge is -2.14. The summed E-state index contributed by atoms with van der Waals surface area (Å²) in [6.45, 7) is 8.39. The zero-order valence-corrected chi connectivity index (χ0v) is 23.2. The Hall–Kier alpha value is -2.96. The quantitative estimate of drug-likeness (QED) is 0.364. The Morgan fingerprint density at radius 1 is 1.22 bits per heavy atom. The second-order valence-corrected chi connectivity index (χ2v) is 12.3. The van der Waals surface area contributed by atoms with Gasteiger partial charge in [-0.15, -0.1) is 11.3 Å². The van der Waals surface area contributed by atoms with Gasteiger partial charge in [0.15, 0.2) is 0 Å².